The van der Waals surface area contributed by atoms with Gasteiger partial charge in [-0.1, -0.05) is 0 Å². The van der Waals surface area contributed by atoms with Crippen LogP contribution in [0, 0.1) is 5.82 Å². The Morgan fingerprint density at radius 2 is 2.12 bits per heavy atom. The van der Waals surface area contributed by atoms with Crippen LogP contribution in [0.15, 0.2) is 18.2 Å². The van der Waals surface area contributed by atoms with Crippen molar-refractivity contribution in [2.24, 2.45) is 0 Å². The van der Waals surface area contributed by atoms with Crippen molar-refractivity contribution in [2.75, 3.05) is 21.3 Å². The Bertz CT molecular complexity index is 381. The van der Waals surface area contributed by atoms with E-state index in [0.717, 1.165) is 0 Å². The molecule has 0 aromatic heterocycles. The zero-order chi connectivity index (χ0) is 12.1. The van der Waals surface area contributed by atoms with Gasteiger partial charge in [-0.15, -0.1) is 0 Å². The van der Waals surface area contributed by atoms with Crippen molar-refractivity contribution in [3.63, 3.8) is 0 Å². The first kappa shape index (κ1) is 12.4. The number of rotatable bonds is 4. The smallest absolute Gasteiger partial charge is 0.327 e. The van der Waals surface area contributed by atoms with Crippen LogP contribution in [0.4, 0.5) is 4.39 Å². The largest absolute Gasteiger partial charge is 0.496 e. The Labute approximate surface area is 93.4 Å². The molecule has 0 amide bonds. The molecule has 1 unspecified atom stereocenters. The maximum atomic E-state index is 13.1. The van der Waals surface area contributed by atoms with Crippen LogP contribution in [-0.4, -0.2) is 27.2 Å². The Kier molecular flexibility index (Phi) is 4.25. The van der Waals surface area contributed by atoms with Crippen molar-refractivity contribution in [2.45, 2.75) is 6.04 Å². The summed E-state index contributed by atoms with van der Waals surface area (Å²) in [5.41, 5.74) is 0.414. The van der Waals surface area contributed by atoms with Gasteiger partial charge in [0.15, 0.2) is 0 Å². The van der Waals surface area contributed by atoms with Gasteiger partial charge in [-0.2, -0.15) is 0 Å². The van der Waals surface area contributed by atoms with Gasteiger partial charge < -0.3 is 14.8 Å². The molecule has 4 nitrogen and oxygen atoms in total. The molecule has 16 heavy (non-hydrogen) atoms. The predicted molar refractivity (Wildman–Crippen MR) is 56.8 cm³/mol. The van der Waals surface area contributed by atoms with E-state index in [1.807, 2.05) is 0 Å². The number of carbonyl (C=O) groups is 1. The molecule has 1 N–H and O–H groups in total. The van der Waals surface area contributed by atoms with Crippen molar-refractivity contribution in [1.29, 1.82) is 0 Å². The van der Waals surface area contributed by atoms with E-state index in [-0.39, 0.29) is 0 Å². The minimum Gasteiger partial charge on any atom is -0.496 e. The SMILES string of the molecule is CNC(C(=O)OC)c1cc(F)ccc1OC. The van der Waals surface area contributed by atoms with Gasteiger partial charge in [-0.25, -0.2) is 9.18 Å². The quantitative estimate of drug-likeness (QED) is 0.787. The van der Waals surface area contributed by atoms with Crippen LogP contribution in [0.5, 0.6) is 5.75 Å². The van der Waals surface area contributed by atoms with Crippen molar-refractivity contribution in [3.8, 4) is 5.75 Å². The fraction of sp³-hybridized carbons (Fsp3) is 0.364. The second-order valence-corrected chi connectivity index (χ2v) is 3.13. The molecule has 1 aromatic carbocycles. The Hall–Kier alpha value is -1.62. The van der Waals surface area contributed by atoms with E-state index < -0.39 is 17.8 Å². The van der Waals surface area contributed by atoms with Gasteiger partial charge in [0.1, 0.15) is 17.6 Å². The highest BCUT2D eigenvalue weighted by atomic mass is 19.1. The van der Waals surface area contributed by atoms with Gasteiger partial charge in [0, 0.05) is 5.56 Å². The highest BCUT2D eigenvalue weighted by molar-refractivity contribution is 5.78. The summed E-state index contributed by atoms with van der Waals surface area (Å²) in [7, 11) is 4.32. The molecule has 0 spiro atoms. The first-order chi connectivity index (χ1) is 7.63. The molecule has 0 aliphatic heterocycles. The average Bonchev–Trinajstić information content (AvgIpc) is 2.30. The third kappa shape index (κ3) is 2.49. The third-order valence-electron chi connectivity index (χ3n) is 2.23. The molecule has 88 valence electrons. The zero-order valence-electron chi connectivity index (χ0n) is 9.41. The summed E-state index contributed by atoms with van der Waals surface area (Å²) in [6.07, 6.45) is 0. The topological polar surface area (TPSA) is 47.6 Å². The Morgan fingerprint density at radius 3 is 2.62 bits per heavy atom. The van der Waals surface area contributed by atoms with Crippen molar-refractivity contribution < 1.29 is 18.7 Å². The molecule has 0 aliphatic carbocycles. The molecular weight excluding hydrogens is 213 g/mol. The molecule has 0 bridgehead atoms. The van der Waals surface area contributed by atoms with E-state index in [4.69, 9.17) is 4.74 Å². The van der Waals surface area contributed by atoms with E-state index in [0.29, 0.717) is 11.3 Å². The summed E-state index contributed by atoms with van der Waals surface area (Å²) in [6, 6.07) is 3.25. The van der Waals surface area contributed by atoms with Crippen LogP contribution < -0.4 is 10.1 Å². The van der Waals surface area contributed by atoms with Gasteiger partial charge in [0.2, 0.25) is 0 Å². The van der Waals surface area contributed by atoms with Crippen molar-refractivity contribution >= 4 is 5.97 Å². The van der Waals surface area contributed by atoms with Crippen LogP contribution in [0.2, 0.25) is 0 Å². The van der Waals surface area contributed by atoms with Crippen molar-refractivity contribution in [3.05, 3.63) is 29.6 Å². The van der Waals surface area contributed by atoms with Gasteiger partial charge in [-0.05, 0) is 25.2 Å². The summed E-state index contributed by atoms with van der Waals surface area (Å²) in [4.78, 5) is 11.5. The number of methoxy groups -OCH3 is 2. The average molecular weight is 227 g/mol. The van der Waals surface area contributed by atoms with Crippen LogP contribution >= 0.6 is 0 Å². The lowest BCUT2D eigenvalue weighted by molar-refractivity contribution is -0.143. The van der Waals surface area contributed by atoms with E-state index in [1.165, 1.54) is 32.4 Å². The maximum absolute atomic E-state index is 13.1. The van der Waals surface area contributed by atoms with Crippen LogP contribution in [0.25, 0.3) is 0 Å². The first-order valence-corrected chi connectivity index (χ1v) is 4.72. The summed E-state index contributed by atoms with van der Waals surface area (Å²) in [5.74, 6) is -0.488. The number of hydrogen-bond acceptors (Lipinski definition) is 4. The summed E-state index contributed by atoms with van der Waals surface area (Å²) in [6.45, 7) is 0. The Balaban J connectivity index is 3.17. The number of ether oxygens (including phenoxy) is 2. The second-order valence-electron chi connectivity index (χ2n) is 3.13. The van der Waals surface area contributed by atoms with Gasteiger partial charge in [0.05, 0.1) is 14.2 Å². The van der Waals surface area contributed by atoms with Crippen molar-refractivity contribution in [1.82, 2.24) is 5.32 Å². The zero-order valence-corrected chi connectivity index (χ0v) is 9.41. The molecule has 1 rings (SSSR count). The summed E-state index contributed by atoms with van der Waals surface area (Å²) in [5, 5.41) is 2.75. The highest BCUT2D eigenvalue weighted by Crippen LogP contribution is 2.26. The lowest BCUT2D eigenvalue weighted by atomic mass is 10.1. The lowest BCUT2D eigenvalue weighted by Crippen LogP contribution is -2.27. The first-order valence-electron chi connectivity index (χ1n) is 4.72. The molecule has 1 atom stereocenters. The van der Waals surface area contributed by atoms with Crippen LogP contribution in [-0.2, 0) is 9.53 Å². The molecule has 0 fully saturated rings. The van der Waals surface area contributed by atoms with Crippen LogP contribution in [0.1, 0.15) is 11.6 Å². The number of benzene rings is 1. The van der Waals surface area contributed by atoms with Gasteiger partial charge in [0.25, 0.3) is 0 Å². The predicted octanol–water partition coefficient (Wildman–Crippen LogP) is 1.27. The molecule has 1 aromatic rings. The molecule has 0 aliphatic rings. The molecular formula is C11H14FNO3. The number of halogens is 1. The molecule has 0 radical (unpaired) electrons. The summed E-state index contributed by atoms with van der Waals surface area (Å²) < 4.78 is 22.8. The van der Waals surface area contributed by atoms with Crippen LogP contribution in [0.3, 0.4) is 0 Å². The van der Waals surface area contributed by atoms with Gasteiger partial charge >= 0.3 is 5.97 Å². The standard InChI is InChI=1S/C11H14FNO3/c1-13-10(11(14)16-3)8-6-7(12)4-5-9(8)15-2/h4-6,10,13H,1-3H3. The number of likely N-dealkylation sites (N-methyl/N-ethyl adjacent to an activating group) is 1. The van der Waals surface area contributed by atoms with E-state index >= 15 is 0 Å². The van der Waals surface area contributed by atoms with Gasteiger partial charge in [-0.3, -0.25) is 0 Å². The second kappa shape index (κ2) is 5.46. The maximum Gasteiger partial charge on any atom is 0.327 e. The third-order valence-corrected chi connectivity index (χ3v) is 2.23. The number of nitrogens with one attached hydrogen (secondary N) is 1. The molecule has 0 saturated heterocycles. The minimum absolute atomic E-state index is 0.414. The number of carbonyl (C=O) groups excluding carboxylic acids is 1. The molecule has 0 heterocycles. The highest BCUT2D eigenvalue weighted by Gasteiger charge is 2.23. The fourth-order valence-electron chi connectivity index (χ4n) is 1.45. The molecule has 5 heteroatoms. The van der Waals surface area contributed by atoms with E-state index in [1.54, 1.807) is 7.05 Å². The lowest BCUT2D eigenvalue weighted by Gasteiger charge is -2.16. The monoisotopic (exact) mass is 227 g/mol. The number of esters is 1. The van der Waals surface area contributed by atoms with E-state index in [9.17, 15) is 9.18 Å². The summed E-state index contributed by atoms with van der Waals surface area (Å²) >= 11 is 0. The molecule has 0 saturated carbocycles. The Morgan fingerprint density at radius 1 is 1.44 bits per heavy atom. The van der Waals surface area contributed by atoms with E-state index in [2.05, 4.69) is 10.1 Å². The minimum atomic E-state index is -0.740. The normalized spacial score (nSPS) is 12.0. The number of hydrogen-bond donors (Lipinski definition) is 1. The fourth-order valence-corrected chi connectivity index (χ4v) is 1.45.